The second kappa shape index (κ2) is 5.09. The van der Waals surface area contributed by atoms with Gasteiger partial charge in [0.25, 0.3) is 0 Å². The van der Waals surface area contributed by atoms with Gasteiger partial charge in [-0.05, 0) is 47.9 Å². The first-order valence-corrected chi connectivity index (χ1v) is 6.24. The van der Waals surface area contributed by atoms with Crippen LogP contribution in [0, 0.1) is 0 Å². The number of carboxylic acid groups (broad SMARTS) is 1. The Hall–Kier alpha value is -2.75. The summed E-state index contributed by atoms with van der Waals surface area (Å²) in [6, 6.07) is 10.9. The molecule has 0 amide bonds. The van der Waals surface area contributed by atoms with Gasteiger partial charge in [0.2, 0.25) is 0 Å². The average Bonchev–Trinajstić information content (AvgIpc) is 2.48. The minimum Gasteiger partial charge on any atom is -0.478 e. The molecule has 0 aliphatic rings. The van der Waals surface area contributed by atoms with Crippen LogP contribution in [0.1, 0.15) is 21.5 Å². The van der Waals surface area contributed by atoms with Crippen LogP contribution >= 0.6 is 0 Å². The first kappa shape index (κ1) is 12.3. The summed E-state index contributed by atoms with van der Waals surface area (Å²) in [5, 5.41) is 10.0. The minimum atomic E-state index is -0.924. The van der Waals surface area contributed by atoms with Crippen LogP contribution in [0.15, 0.2) is 55.0 Å². The van der Waals surface area contributed by atoms with Gasteiger partial charge in [0, 0.05) is 24.0 Å². The second-order valence-corrected chi connectivity index (χ2v) is 4.55. The molecular formula is C16H12N2O2. The molecule has 2 aromatic heterocycles. The maximum Gasteiger partial charge on any atom is 0.335 e. The van der Waals surface area contributed by atoms with Crippen LogP contribution in [-0.4, -0.2) is 21.0 Å². The highest BCUT2D eigenvalue weighted by Crippen LogP contribution is 2.21. The van der Waals surface area contributed by atoms with Gasteiger partial charge < -0.3 is 5.11 Å². The lowest BCUT2D eigenvalue weighted by atomic mass is 9.99. The zero-order valence-corrected chi connectivity index (χ0v) is 10.7. The molecule has 3 rings (SSSR count). The fourth-order valence-corrected chi connectivity index (χ4v) is 2.25. The smallest absolute Gasteiger partial charge is 0.335 e. The average molecular weight is 264 g/mol. The number of hydrogen-bond donors (Lipinski definition) is 1. The van der Waals surface area contributed by atoms with Crippen molar-refractivity contribution in [2.24, 2.45) is 0 Å². The molecule has 20 heavy (non-hydrogen) atoms. The number of aromatic carboxylic acids is 1. The molecular weight excluding hydrogens is 252 g/mol. The SMILES string of the molecule is O=C(O)c1cc(Cc2ccncc2)c2ncccc2c1. The molecule has 0 fully saturated rings. The summed E-state index contributed by atoms with van der Waals surface area (Å²) < 4.78 is 0. The maximum atomic E-state index is 11.2. The van der Waals surface area contributed by atoms with Crippen LogP contribution in [0.25, 0.3) is 10.9 Å². The van der Waals surface area contributed by atoms with E-state index in [0.717, 1.165) is 22.0 Å². The van der Waals surface area contributed by atoms with E-state index in [1.165, 1.54) is 0 Å². The van der Waals surface area contributed by atoms with Gasteiger partial charge in [0.1, 0.15) is 0 Å². The standard InChI is InChI=1S/C16H12N2O2/c19-16(20)14-9-12-2-1-5-18-15(12)13(10-14)8-11-3-6-17-7-4-11/h1-7,9-10H,8H2,(H,19,20). The molecule has 2 heterocycles. The maximum absolute atomic E-state index is 11.2. The Bertz CT molecular complexity index is 770. The zero-order valence-electron chi connectivity index (χ0n) is 10.7. The van der Waals surface area contributed by atoms with E-state index < -0.39 is 5.97 Å². The van der Waals surface area contributed by atoms with Gasteiger partial charge in [0.15, 0.2) is 0 Å². The number of nitrogens with zero attached hydrogens (tertiary/aromatic N) is 2. The van der Waals surface area contributed by atoms with E-state index in [1.807, 2.05) is 24.3 Å². The summed E-state index contributed by atoms with van der Waals surface area (Å²) in [7, 11) is 0. The van der Waals surface area contributed by atoms with Crippen molar-refractivity contribution >= 4 is 16.9 Å². The van der Waals surface area contributed by atoms with Gasteiger partial charge in [-0.25, -0.2) is 4.79 Å². The van der Waals surface area contributed by atoms with E-state index >= 15 is 0 Å². The molecule has 0 atom stereocenters. The van der Waals surface area contributed by atoms with E-state index in [-0.39, 0.29) is 5.56 Å². The van der Waals surface area contributed by atoms with Gasteiger partial charge in [-0.3, -0.25) is 9.97 Å². The Morgan fingerprint density at radius 2 is 1.90 bits per heavy atom. The zero-order chi connectivity index (χ0) is 13.9. The quantitative estimate of drug-likeness (QED) is 0.790. The molecule has 4 heteroatoms. The highest BCUT2D eigenvalue weighted by molar-refractivity contribution is 5.94. The van der Waals surface area contributed by atoms with Gasteiger partial charge in [-0.2, -0.15) is 0 Å². The predicted molar refractivity (Wildman–Crippen MR) is 75.7 cm³/mol. The van der Waals surface area contributed by atoms with Crippen LogP contribution in [0.5, 0.6) is 0 Å². The lowest BCUT2D eigenvalue weighted by molar-refractivity contribution is 0.0697. The Balaban J connectivity index is 2.15. The van der Waals surface area contributed by atoms with E-state index in [4.69, 9.17) is 0 Å². The summed E-state index contributed by atoms with van der Waals surface area (Å²) in [6.45, 7) is 0. The lowest BCUT2D eigenvalue weighted by Gasteiger charge is -2.07. The summed E-state index contributed by atoms with van der Waals surface area (Å²) in [5.74, 6) is -0.924. The molecule has 0 aliphatic carbocycles. The molecule has 0 bridgehead atoms. The number of hydrogen-bond acceptors (Lipinski definition) is 3. The summed E-state index contributed by atoms with van der Waals surface area (Å²) in [6.07, 6.45) is 5.81. The van der Waals surface area contributed by atoms with Crippen molar-refractivity contribution in [2.45, 2.75) is 6.42 Å². The highest BCUT2D eigenvalue weighted by Gasteiger charge is 2.10. The topological polar surface area (TPSA) is 63.1 Å². The van der Waals surface area contributed by atoms with Crippen molar-refractivity contribution in [3.05, 3.63) is 71.7 Å². The van der Waals surface area contributed by atoms with E-state index in [1.54, 1.807) is 30.7 Å². The van der Waals surface area contributed by atoms with Crippen molar-refractivity contribution in [2.75, 3.05) is 0 Å². The van der Waals surface area contributed by atoms with Crippen LogP contribution in [0.3, 0.4) is 0 Å². The minimum absolute atomic E-state index is 0.287. The molecule has 98 valence electrons. The molecule has 4 nitrogen and oxygen atoms in total. The van der Waals surface area contributed by atoms with Gasteiger partial charge in [0.05, 0.1) is 11.1 Å². The van der Waals surface area contributed by atoms with Crippen molar-refractivity contribution < 1.29 is 9.90 Å². The number of carbonyl (C=O) groups is 1. The number of carboxylic acids is 1. The molecule has 0 radical (unpaired) electrons. The summed E-state index contributed by atoms with van der Waals surface area (Å²) >= 11 is 0. The molecule has 0 aliphatic heterocycles. The Kier molecular flexibility index (Phi) is 3.13. The van der Waals surface area contributed by atoms with Crippen LogP contribution in [-0.2, 0) is 6.42 Å². The number of rotatable bonds is 3. The first-order chi connectivity index (χ1) is 9.74. The predicted octanol–water partition coefficient (Wildman–Crippen LogP) is 2.92. The second-order valence-electron chi connectivity index (χ2n) is 4.55. The van der Waals surface area contributed by atoms with Gasteiger partial charge >= 0.3 is 5.97 Å². The van der Waals surface area contributed by atoms with Crippen LogP contribution in [0.4, 0.5) is 0 Å². The van der Waals surface area contributed by atoms with Crippen molar-refractivity contribution in [3.63, 3.8) is 0 Å². The molecule has 1 N–H and O–H groups in total. The third-order valence-corrected chi connectivity index (χ3v) is 3.17. The van der Waals surface area contributed by atoms with E-state index in [0.29, 0.717) is 6.42 Å². The Morgan fingerprint density at radius 3 is 2.65 bits per heavy atom. The van der Waals surface area contributed by atoms with Gasteiger partial charge in [-0.1, -0.05) is 6.07 Å². The van der Waals surface area contributed by atoms with Crippen molar-refractivity contribution in [3.8, 4) is 0 Å². The largest absolute Gasteiger partial charge is 0.478 e. The molecule has 0 spiro atoms. The number of pyridine rings is 2. The van der Waals surface area contributed by atoms with Crippen LogP contribution < -0.4 is 0 Å². The number of benzene rings is 1. The summed E-state index contributed by atoms with van der Waals surface area (Å²) in [4.78, 5) is 19.6. The molecule has 0 saturated carbocycles. The molecule has 1 aromatic carbocycles. The normalized spacial score (nSPS) is 10.6. The van der Waals surface area contributed by atoms with Gasteiger partial charge in [-0.15, -0.1) is 0 Å². The third kappa shape index (κ3) is 2.36. The number of aromatic nitrogens is 2. The van der Waals surface area contributed by atoms with E-state index in [2.05, 4.69) is 9.97 Å². The van der Waals surface area contributed by atoms with Crippen molar-refractivity contribution in [1.29, 1.82) is 0 Å². The highest BCUT2D eigenvalue weighted by atomic mass is 16.4. The number of fused-ring (bicyclic) bond motifs is 1. The molecule has 0 saturated heterocycles. The fraction of sp³-hybridized carbons (Fsp3) is 0.0625. The van der Waals surface area contributed by atoms with Crippen LogP contribution in [0.2, 0.25) is 0 Å². The first-order valence-electron chi connectivity index (χ1n) is 6.24. The monoisotopic (exact) mass is 264 g/mol. The van der Waals surface area contributed by atoms with Crippen molar-refractivity contribution in [1.82, 2.24) is 9.97 Å². The Labute approximate surface area is 115 Å². The molecule has 0 unspecified atom stereocenters. The third-order valence-electron chi connectivity index (χ3n) is 3.17. The lowest BCUT2D eigenvalue weighted by Crippen LogP contribution is -2.00. The fourth-order valence-electron chi connectivity index (χ4n) is 2.25. The Morgan fingerprint density at radius 1 is 1.10 bits per heavy atom. The van der Waals surface area contributed by atoms with E-state index in [9.17, 15) is 9.90 Å². The summed E-state index contributed by atoms with van der Waals surface area (Å²) in [5.41, 5.74) is 3.12. The molecule has 3 aromatic rings.